The highest BCUT2D eigenvalue weighted by Crippen LogP contribution is 2.25. The van der Waals surface area contributed by atoms with Crippen molar-refractivity contribution in [1.29, 1.82) is 0 Å². The number of aldehydes is 1. The van der Waals surface area contributed by atoms with Crippen LogP contribution in [0.1, 0.15) is 19.3 Å². The van der Waals surface area contributed by atoms with E-state index in [1.165, 1.54) is 6.07 Å². The molecule has 1 aromatic rings. The van der Waals surface area contributed by atoms with Crippen LogP contribution in [0.4, 0.5) is 0 Å². The molecule has 0 amide bonds. The molecule has 0 saturated carbocycles. The average molecular weight is 191 g/mol. The van der Waals surface area contributed by atoms with Gasteiger partial charge in [-0.05, 0) is 6.07 Å². The van der Waals surface area contributed by atoms with E-state index in [1.54, 1.807) is 0 Å². The first-order valence-corrected chi connectivity index (χ1v) is 3.82. The second kappa shape index (κ2) is 3.02. The molecular formula is C6H3ClO3S. The Bertz CT molecular complexity index is 305. The van der Waals surface area contributed by atoms with Crippen LogP contribution in [0.3, 0.4) is 0 Å². The van der Waals surface area contributed by atoms with E-state index in [2.05, 4.69) is 0 Å². The minimum Gasteiger partial charge on any atom is -0.477 e. The fourth-order valence-corrected chi connectivity index (χ4v) is 1.67. The first kappa shape index (κ1) is 8.23. The van der Waals surface area contributed by atoms with E-state index in [-0.39, 0.29) is 9.90 Å². The van der Waals surface area contributed by atoms with Gasteiger partial charge in [-0.2, -0.15) is 0 Å². The first-order valence-electron chi connectivity index (χ1n) is 2.63. The number of hydrogen-bond acceptors (Lipinski definition) is 3. The fourth-order valence-electron chi connectivity index (χ4n) is 0.590. The number of halogens is 1. The standard InChI is InChI=1S/C6H3ClO3S/c7-4-1-3(2-8)11-5(4)6(9)10/h1-2H,(H,9,10). The lowest BCUT2D eigenvalue weighted by atomic mass is 10.4. The van der Waals surface area contributed by atoms with Gasteiger partial charge < -0.3 is 5.11 Å². The third-order valence-corrected chi connectivity index (χ3v) is 2.47. The molecule has 0 aliphatic heterocycles. The number of carboxylic acid groups (broad SMARTS) is 1. The minimum absolute atomic E-state index is 0.00812. The molecule has 3 nitrogen and oxygen atoms in total. The fraction of sp³-hybridized carbons (Fsp3) is 0. The van der Waals surface area contributed by atoms with Gasteiger partial charge in [0.1, 0.15) is 4.88 Å². The Morgan fingerprint density at radius 2 is 2.36 bits per heavy atom. The number of carbonyl (C=O) groups is 2. The lowest BCUT2D eigenvalue weighted by Crippen LogP contribution is -1.91. The van der Waals surface area contributed by atoms with Crippen LogP contribution in [-0.4, -0.2) is 17.4 Å². The molecule has 0 aromatic carbocycles. The van der Waals surface area contributed by atoms with Gasteiger partial charge in [0, 0.05) is 0 Å². The summed E-state index contributed by atoms with van der Waals surface area (Å²) in [5.74, 6) is -1.10. The van der Waals surface area contributed by atoms with Crippen molar-refractivity contribution >= 4 is 35.2 Å². The zero-order chi connectivity index (χ0) is 8.43. The van der Waals surface area contributed by atoms with Gasteiger partial charge in [0.2, 0.25) is 0 Å². The quantitative estimate of drug-likeness (QED) is 0.725. The number of rotatable bonds is 2. The van der Waals surface area contributed by atoms with Gasteiger partial charge in [0.15, 0.2) is 6.29 Å². The molecule has 0 aliphatic carbocycles. The van der Waals surface area contributed by atoms with Crippen molar-refractivity contribution in [2.45, 2.75) is 0 Å². The third-order valence-electron chi connectivity index (χ3n) is 1.02. The van der Waals surface area contributed by atoms with Crippen LogP contribution in [-0.2, 0) is 0 Å². The van der Waals surface area contributed by atoms with Crippen LogP contribution in [0.15, 0.2) is 6.07 Å². The smallest absolute Gasteiger partial charge is 0.347 e. The highest BCUT2D eigenvalue weighted by atomic mass is 35.5. The summed E-state index contributed by atoms with van der Waals surface area (Å²) in [5, 5.41) is 8.60. The Kier molecular flexibility index (Phi) is 2.26. The van der Waals surface area contributed by atoms with Crippen LogP contribution < -0.4 is 0 Å². The van der Waals surface area contributed by atoms with Gasteiger partial charge in [0.05, 0.1) is 9.90 Å². The summed E-state index contributed by atoms with van der Waals surface area (Å²) in [6.45, 7) is 0. The highest BCUT2D eigenvalue weighted by molar-refractivity contribution is 7.16. The maximum absolute atomic E-state index is 10.4. The molecule has 0 radical (unpaired) electrons. The normalized spacial score (nSPS) is 9.55. The van der Waals surface area contributed by atoms with Gasteiger partial charge in [-0.15, -0.1) is 11.3 Å². The number of carboxylic acids is 1. The zero-order valence-electron chi connectivity index (χ0n) is 5.20. The van der Waals surface area contributed by atoms with Crippen molar-refractivity contribution < 1.29 is 14.7 Å². The second-order valence-corrected chi connectivity index (χ2v) is 3.24. The molecule has 11 heavy (non-hydrogen) atoms. The van der Waals surface area contributed by atoms with Gasteiger partial charge in [0.25, 0.3) is 0 Å². The molecule has 0 saturated heterocycles. The molecule has 1 heterocycles. The zero-order valence-corrected chi connectivity index (χ0v) is 6.78. The molecule has 1 N–H and O–H groups in total. The van der Waals surface area contributed by atoms with Crippen LogP contribution in [0.25, 0.3) is 0 Å². The van der Waals surface area contributed by atoms with E-state index in [9.17, 15) is 9.59 Å². The number of aromatic carboxylic acids is 1. The van der Waals surface area contributed by atoms with Crippen molar-refractivity contribution in [3.63, 3.8) is 0 Å². The summed E-state index contributed by atoms with van der Waals surface area (Å²) >= 11 is 6.36. The van der Waals surface area contributed by atoms with Crippen molar-refractivity contribution in [2.24, 2.45) is 0 Å². The van der Waals surface area contributed by atoms with Gasteiger partial charge in [-0.3, -0.25) is 4.79 Å². The molecule has 1 rings (SSSR count). The van der Waals surface area contributed by atoms with E-state index in [1.807, 2.05) is 0 Å². The molecule has 0 fully saturated rings. The van der Waals surface area contributed by atoms with Crippen molar-refractivity contribution in [3.05, 3.63) is 20.8 Å². The number of hydrogen-bond donors (Lipinski definition) is 1. The molecule has 0 aliphatic rings. The maximum Gasteiger partial charge on any atom is 0.347 e. The van der Waals surface area contributed by atoms with Crippen molar-refractivity contribution in [2.75, 3.05) is 0 Å². The third kappa shape index (κ3) is 1.58. The summed E-state index contributed by atoms with van der Waals surface area (Å²) in [6, 6.07) is 1.34. The molecule has 0 atom stereocenters. The topological polar surface area (TPSA) is 54.4 Å². The Balaban J connectivity index is 3.16. The lowest BCUT2D eigenvalue weighted by Gasteiger charge is -1.84. The maximum atomic E-state index is 10.4. The molecule has 5 heteroatoms. The van der Waals surface area contributed by atoms with Gasteiger partial charge >= 0.3 is 5.97 Å². The van der Waals surface area contributed by atoms with Crippen LogP contribution in [0.2, 0.25) is 5.02 Å². The van der Waals surface area contributed by atoms with E-state index < -0.39 is 5.97 Å². The number of thiophene rings is 1. The Morgan fingerprint density at radius 3 is 2.64 bits per heavy atom. The predicted molar refractivity (Wildman–Crippen MR) is 41.7 cm³/mol. The SMILES string of the molecule is O=Cc1cc(Cl)c(C(=O)O)s1. The average Bonchev–Trinajstić information content (AvgIpc) is 2.30. The first-order chi connectivity index (χ1) is 5.15. The Labute approximate surface area is 71.2 Å². The van der Waals surface area contributed by atoms with Gasteiger partial charge in [-0.1, -0.05) is 11.6 Å². The molecule has 0 unspecified atom stereocenters. The highest BCUT2D eigenvalue weighted by Gasteiger charge is 2.12. The summed E-state index contributed by atoms with van der Waals surface area (Å²) < 4.78 is 0. The molecule has 1 aromatic heterocycles. The largest absolute Gasteiger partial charge is 0.477 e. The predicted octanol–water partition coefficient (Wildman–Crippen LogP) is 1.91. The molecular weight excluding hydrogens is 188 g/mol. The van der Waals surface area contributed by atoms with E-state index >= 15 is 0 Å². The van der Waals surface area contributed by atoms with Crippen LogP contribution in [0.5, 0.6) is 0 Å². The number of carbonyl (C=O) groups excluding carboxylic acids is 1. The summed E-state index contributed by atoms with van der Waals surface area (Å²) in [7, 11) is 0. The summed E-state index contributed by atoms with van der Waals surface area (Å²) in [5.41, 5.74) is 0. The molecule has 0 bridgehead atoms. The molecule has 0 spiro atoms. The lowest BCUT2D eigenvalue weighted by molar-refractivity contribution is 0.0702. The van der Waals surface area contributed by atoms with E-state index in [0.717, 1.165) is 11.3 Å². The van der Waals surface area contributed by atoms with Gasteiger partial charge in [-0.25, -0.2) is 4.79 Å². The van der Waals surface area contributed by atoms with E-state index in [0.29, 0.717) is 11.2 Å². The Hall–Kier alpha value is -0.870. The van der Waals surface area contributed by atoms with Crippen molar-refractivity contribution in [3.8, 4) is 0 Å². The van der Waals surface area contributed by atoms with Crippen LogP contribution in [0, 0.1) is 0 Å². The molecule has 58 valence electrons. The van der Waals surface area contributed by atoms with Crippen LogP contribution >= 0.6 is 22.9 Å². The van der Waals surface area contributed by atoms with E-state index in [4.69, 9.17) is 16.7 Å². The van der Waals surface area contributed by atoms with Crippen molar-refractivity contribution in [1.82, 2.24) is 0 Å². The summed E-state index contributed by atoms with van der Waals surface area (Å²) in [4.78, 5) is 20.8. The second-order valence-electron chi connectivity index (χ2n) is 1.75. The Morgan fingerprint density at radius 1 is 1.73 bits per heavy atom. The minimum atomic E-state index is -1.10. The monoisotopic (exact) mass is 190 g/mol. The summed E-state index contributed by atoms with van der Waals surface area (Å²) in [6.07, 6.45) is 0.572.